The molecule has 0 bridgehead atoms. The van der Waals surface area contributed by atoms with Crippen molar-refractivity contribution in [3.63, 3.8) is 0 Å². The topological polar surface area (TPSA) is 41.1 Å². The van der Waals surface area contributed by atoms with Crippen molar-refractivity contribution < 1.29 is 18.0 Å². The zero-order valence-electron chi connectivity index (χ0n) is 16.6. The molecule has 1 aliphatic carbocycles. The van der Waals surface area contributed by atoms with Crippen LogP contribution in [0.4, 0.5) is 18.9 Å². The number of benzene rings is 2. The normalized spacial score (nSPS) is 17.4. The maximum absolute atomic E-state index is 12.6. The van der Waals surface area contributed by atoms with Gasteiger partial charge in [0.25, 0.3) is 0 Å². The number of fused-ring (bicyclic) bond motifs is 1. The molecule has 2 atom stereocenters. The van der Waals surface area contributed by atoms with Gasteiger partial charge >= 0.3 is 12.1 Å². The highest BCUT2D eigenvalue weighted by atomic mass is 19.4. The molecule has 0 radical (unpaired) electrons. The number of hydrogen-bond donors (Lipinski definition) is 2. The zero-order chi connectivity index (χ0) is 20.9. The van der Waals surface area contributed by atoms with Gasteiger partial charge < -0.3 is 10.6 Å². The number of halogens is 3. The summed E-state index contributed by atoms with van der Waals surface area (Å²) in [5.41, 5.74) is 3.62. The van der Waals surface area contributed by atoms with Crippen molar-refractivity contribution in [3.05, 3.63) is 65.2 Å². The number of alkyl halides is 3. The molecule has 0 fully saturated rings. The summed E-state index contributed by atoms with van der Waals surface area (Å²) < 4.78 is 37.7. The summed E-state index contributed by atoms with van der Waals surface area (Å²) in [6.45, 7) is 2.15. The summed E-state index contributed by atoms with van der Waals surface area (Å²) in [4.78, 5) is 11.3. The van der Waals surface area contributed by atoms with E-state index in [1.807, 2.05) is 29.6 Å². The Kier molecular flexibility index (Phi) is 6.96. The quantitative estimate of drug-likeness (QED) is 0.634. The lowest BCUT2D eigenvalue weighted by atomic mass is 9.86. The summed E-state index contributed by atoms with van der Waals surface area (Å²) >= 11 is 0. The fourth-order valence-electron chi connectivity index (χ4n) is 3.93. The molecule has 3 nitrogen and oxygen atoms in total. The van der Waals surface area contributed by atoms with Gasteiger partial charge in [-0.2, -0.15) is 13.2 Å². The predicted octanol–water partition coefficient (Wildman–Crippen LogP) is 5.57. The SMILES string of the molecule is CCC(CCc1ccccc1)NC1CCCc2ccc(NC(=O)C(F)(F)F)cc21. The monoisotopic (exact) mass is 404 g/mol. The molecule has 2 N–H and O–H groups in total. The van der Waals surface area contributed by atoms with E-state index < -0.39 is 12.1 Å². The van der Waals surface area contributed by atoms with E-state index in [4.69, 9.17) is 0 Å². The average Bonchev–Trinajstić information content (AvgIpc) is 2.71. The Morgan fingerprint density at radius 3 is 2.62 bits per heavy atom. The molecular formula is C23H27F3N2O. The molecule has 0 saturated heterocycles. The molecule has 0 heterocycles. The van der Waals surface area contributed by atoms with E-state index in [0.717, 1.165) is 49.7 Å². The van der Waals surface area contributed by atoms with Crippen LogP contribution in [0.15, 0.2) is 48.5 Å². The van der Waals surface area contributed by atoms with E-state index in [0.29, 0.717) is 6.04 Å². The number of amides is 1. The molecule has 29 heavy (non-hydrogen) atoms. The van der Waals surface area contributed by atoms with Crippen LogP contribution in [0.3, 0.4) is 0 Å². The van der Waals surface area contributed by atoms with Crippen molar-refractivity contribution in [2.24, 2.45) is 0 Å². The minimum absolute atomic E-state index is 0.0854. The second-order valence-electron chi connectivity index (χ2n) is 7.61. The fourth-order valence-corrected chi connectivity index (χ4v) is 3.93. The summed E-state index contributed by atoms with van der Waals surface area (Å²) in [5, 5.41) is 5.68. The molecule has 2 unspecified atom stereocenters. The third-order valence-electron chi connectivity index (χ3n) is 5.53. The predicted molar refractivity (Wildman–Crippen MR) is 109 cm³/mol. The number of carbonyl (C=O) groups is 1. The molecule has 0 aromatic heterocycles. The largest absolute Gasteiger partial charge is 0.471 e. The Hall–Kier alpha value is -2.34. The molecule has 0 aliphatic heterocycles. The Labute approximate surface area is 169 Å². The van der Waals surface area contributed by atoms with Crippen LogP contribution in [-0.2, 0) is 17.6 Å². The van der Waals surface area contributed by atoms with Crippen molar-refractivity contribution in [3.8, 4) is 0 Å². The van der Waals surface area contributed by atoms with Gasteiger partial charge in [-0.25, -0.2) is 0 Å². The molecule has 156 valence electrons. The highest BCUT2D eigenvalue weighted by Crippen LogP contribution is 2.33. The first-order chi connectivity index (χ1) is 13.9. The van der Waals surface area contributed by atoms with Crippen LogP contribution in [-0.4, -0.2) is 18.1 Å². The summed E-state index contributed by atoms with van der Waals surface area (Å²) in [6.07, 6.45) is 0.938. The standard InChI is InChI=1S/C23H27F3N2O/c1-2-18(13-11-16-7-4-3-5-8-16)27-21-10-6-9-17-12-14-19(15-20(17)21)28-22(29)23(24,25)26/h3-5,7-8,12,14-15,18,21,27H,2,6,9-11,13H2,1H3,(H,28,29). The van der Waals surface area contributed by atoms with Crippen LogP contribution in [0.1, 0.15) is 55.3 Å². The number of anilines is 1. The highest BCUT2D eigenvalue weighted by molar-refractivity contribution is 5.95. The van der Waals surface area contributed by atoms with Crippen LogP contribution in [0.5, 0.6) is 0 Å². The van der Waals surface area contributed by atoms with Crippen molar-refractivity contribution in [1.82, 2.24) is 5.32 Å². The number of aryl methyl sites for hydroxylation is 2. The number of hydrogen-bond acceptors (Lipinski definition) is 2. The van der Waals surface area contributed by atoms with E-state index >= 15 is 0 Å². The van der Waals surface area contributed by atoms with E-state index in [9.17, 15) is 18.0 Å². The molecule has 2 aromatic carbocycles. The molecule has 3 rings (SSSR count). The smallest absolute Gasteiger partial charge is 0.318 e. The lowest BCUT2D eigenvalue weighted by Gasteiger charge is -2.31. The molecule has 6 heteroatoms. The minimum atomic E-state index is -4.89. The van der Waals surface area contributed by atoms with Crippen molar-refractivity contribution in [2.75, 3.05) is 5.32 Å². The first-order valence-corrected chi connectivity index (χ1v) is 10.2. The molecule has 2 aromatic rings. The fraction of sp³-hybridized carbons (Fsp3) is 0.435. The van der Waals surface area contributed by atoms with Gasteiger partial charge in [0.15, 0.2) is 0 Å². The lowest BCUT2D eigenvalue weighted by Crippen LogP contribution is -2.35. The number of nitrogens with one attached hydrogen (secondary N) is 2. The van der Waals surface area contributed by atoms with Gasteiger partial charge in [-0.15, -0.1) is 0 Å². The molecule has 1 amide bonds. The Morgan fingerprint density at radius 2 is 1.93 bits per heavy atom. The van der Waals surface area contributed by atoms with Gasteiger partial charge in [-0.1, -0.05) is 43.3 Å². The maximum Gasteiger partial charge on any atom is 0.471 e. The van der Waals surface area contributed by atoms with Gasteiger partial charge in [0.05, 0.1) is 0 Å². The third kappa shape index (κ3) is 5.82. The van der Waals surface area contributed by atoms with E-state index in [1.165, 1.54) is 5.56 Å². The van der Waals surface area contributed by atoms with E-state index in [2.05, 4.69) is 24.4 Å². The second kappa shape index (κ2) is 9.44. The Balaban J connectivity index is 1.69. The van der Waals surface area contributed by atoms with Crippen molar-refractivity contribution in [2.45, 2.75) is 63.7 Å². The van der Waals surface area contributed by atoms with Crippen LogP contribution in [0, 0.1) is 0 Å². The van der Waals surface area contributed by atoms with Crippen LogP contribution < -0.4 is 10.6 Å². The second-order valence-corrected chi connectivity index (χ2v) is 7.61. The van der Waals surface area contributed by atoms with Gasteiger partial charge in [-0.3, -0.25) is 4.79 Å². The Morgan fingerprint density at radius 1 is 1.17 bits per heavy atom. The molecule has 0 spiro atoms. The van der Waals surface area contributed by atoms with Gasteiger partial charge in [0.2, 0.25) is 0 Å². The van der Waals surface area contributed by atoms with Crippen molar-refractivity contribution in [1.29, 1.82) is 0 Å². The maximum atomic E-state index is 12.6. The Bertz CT molecular complexity index is 821. The van der Waals surface area contributed by atoms with Crippen molar-refractivity contribution >= 4 is 11.6 Å². The van der Waals surface area contributed by atoms with E-state index in [-0.39, 0.29) is 11.7 Å². The first kappa shape index (κ1) is 21.4. The average molecular weight is 404 g/mol. The summed E-state index contributed by atoms with van der Waals surface area (Å²) in [7, 11) is 0. The van der Waals surface area contributed by atoms with E-state index in [1.54, 1.807) is 12.1 Å². The van der Waals surface area contributed by atoms with Crippen LogP contribution in [0.25, 0.3) is 0 Å². The third-order valence-corrected chi connectivity index (χ3v) is 5.53. The molecular weight excluding hydrogens is 377 g/mol. The minimum Gasteiger partial charge on any atom is -0.318 e. The van der Waals surface area contributed by atoms with Gasteiger partial charge in [0, 0.05) is 17.8 Å². The molecule has 1 aliphatic rings. The first-order valence-electron chi connectivity index (χ1n) is 10.2. The van der Waals surface area contributed by atoms with Crippen LogP contribution >= 0.6 is 0 Å². The van der Waals surface area contributed by atoms with Crippen LogP contribution in [0.2, 0.25) is 0 Å². The number of carbonyl (C=O) groups excluding carboxylic acids is 1. The van der Waals surface area contributed by atoms with Gasteiger partial charge in [0.1, 0.15) is 0 Å². The lowest BCUT2D eigenvalue weighted by molar-refractivity contribution is -0.167. The summed E-state index contributed by atoms with van der Waals surface area (Å²) in [6, 6.07) is 15.8. The summed E-state index contributed by atoms with van der Waals surface area (Å²) in [5.74, 6) is -1.94. The highest BCUT2D eigenvalue weighted by Gasteiger charge is 2.38. The zero-order valence-corrected chi connectivity index (χ0v) is 16.6. The number of rotatable bonds is 7. The van der Waals surface area contributed by atoms with Gasteiger partial charge in [-0.05, 0) is 67.3 Å². The molecule has 0 saturated carbocycles.